The van der Waals surface area contributed by atoms with Crippen LogP contribution in [0.25, 0.3) is 0 Å². The van der Waals surface area contributed by atoms with Crippen LogP contribution >= 0.6 is 0 Å². The number of imide groups is 1. The van der Waals surface area contributed by atoms with Crippen molar-refractivity contribution in [2.75, 3.05) is 7.11 Å². The number of hydrogen-bond donors (Lipinski definition) is 3. The van der Waals surface area contributed by atoms with Crippen LogP contribution in [0.2, 0.25) is 0 Å². The van der Waals surface area contributed by atoms with Crippen LogP contribution in [0, 0.1) is 11.8 Å². The Balaban J connectivity index is 1.77. The number of esters is 1. The summed E-state index contributed by atoms with van der Waals surface area (Å²) in [4.78, 5) is 52.1. The van der Waals surface area contributed by atoms with Crippen molar-refractivity contribution in [1.82, 2.24) is 10.2 Å². The second kappa shape index (κ2) is 8.42. The topological polar surface area (TPSA) is 133 Å². The zero-order valence-electron chi connectivity index (χ0n) is 18.1. The minimum Gasteiger partial charge on any atom is -0.480 e. The second-order valence-corrected chi connectivity index (χ2v) is 8.34. The van der Waals surface area contributed by atoms with E-state index < -0.39 is 53.3 Å². The molecule has 2 aliphatic rings. The summed E-state index contributed by atoms with van der Waals surface area (Å²) < 4.78 is 4.70. The van der Waals surface area contributed by atoms with E-state index in [1.807, 2.05) is 6.07 Å². The Morgan fingerprint density at radius 2 is 1.73 bits per heavy atom. The molecule has 172 valence electrons. The molecule has 2 aromatic rings. The average molecular weight is 452 g/mol. The fourth-order valence-corrected chi connectivity index (χ4v) is 4.91. The molecule has 3 N–H and O–H groups in total. The predicted molar refractivity (Wildman–Crippen MR) is 115 cm³/mol. The van der Waals surface area contributed by atoms with Gasteiger partial charge in [-0.15, -0.1) is 0 Å². The van der Waals surface area contributed by atoms with Crippen molar-refractivity contribution in [2.45, 2.75) is 31.2 Å². The van der Waals surface area contributed by atoms with Gasteiger partial charge in [0.1, 0.15) is 0 Å². The SMILES string of the molecule is COC(=O)c1ccc(C2NC(C(=O)O)(C(C)O)C3C(=O)N(Cc4ccccc4)C(=O)C23)cc1. The number of likely N-dealkylation sites (tertiary alicyclic amines) is 1. The Labute approximate surface area is 190 Å². The number of methoxy groups -OCH3 is 1. The number of benzene rings is 2. The van der Waals surface area contributed by atoms with Crippen LogP contribution in [0.15, 0.2) is 54.6 Å². The maximum atomic E-state index is 13.5. The zero-order valence-corrected chi connectivity index (χ0v) is 18.1. The Bertz CT molecular complexity index is 1100. The molecule has 2 aromatic carbocycles. The number of nitrogens with one attached hydrogen (secondary N) is 1. The second-order valence-electron chi connectivity index (χ2n) is 8.34. The molecule has 0 saturated carbocycles. The third-order valence-corrected chi connectivity index (χ3v) is 6.57. The van der Waals surface area contributed by atoms with Crippen molar-refractivity contribution in [3.63, 3.8) is 0 Å². The number of hydrogen-bond acceptors (Lipinski definition) is 7. The summed E-state index contributed by atoms with van der Waals surface area (Å²) in [7, 11) is 1.26. The van der Waals surface area contributed by atoms with Crippen LogP contribution in [0.5, 0.6) is 0 Å². The standard InChI is InChI=1S/C24H24N2O7/c1-13(27)24(23(31)32)18-17(19(25-24)15-8-10-16(11-9-15)22(30)33-2)20(28)26(21(18)29)12-14-6-4-3-5-7-14/h3-11,13,17-19,25,27H,12H2,1-2H3,(H,31,32). The monoisotopic (exact) mass is 452 g/mol. The van der Waals surface area contributed by atoms with Gasteiger partial charge < -0.3 is 14.9 Å². The highest BCUT2D eigenvalue weighted by molar-refractivity contribution is 6.09. The van der Waals surface area contributed by atoms with Crippen molar-refractivity contribution >= 4 is 23.8 Å². The van der Waals surface area contributed by atoms with E-state index in [4.69, 9.17) is 4.74 Å². The molecule has 2 fully saturated rings. The lowest BCUT2D eigenvalue weighted by Crippen LogP contribution is -2.62. The van der Waals surface area contributed by atoms with Crippen LogP contribution in [0.1, 0.15) is 34.5 Å². The number of aliphatic hydroxyl groups excluding tert-OH is 1. The third kappa shape index (κ3) is 3.49. The minimum absolute atomic E-state index is 0.00894. The van der Waals surface area contributed by atoms with Crippen LogP contribution in [0.3, 0.4) is 0 Å². The molecule has 4 rings (SSSR count). The molecule has 0 bridgehead atoms. The molecule has 2 aliphatic heterocycles. The molecule has 2 heterocycles. The zero-order chi connectivity index (χ0) is 23.9. The number of rotatable bonds is 6. The molecular formula is C24H24N2O7. The predicted octanol–water partition coefficient (Wildman–Crippen LogP) is 1.12. The molecule has 33 heavy (non-hydrogen) atoms. The van der Waals surface area contributed by atoms with Gasteiger partial charge in [0.25, 0.3) is 0 Å². The number of carboxylic acids is 1. The molecule has 0 spiro atoms. The first-order valence-electron chi connectivity index (χ1n) is 10.5. The normalized spacial score (nSPS) is 27.4. The number of aliphatic carboxylic acids is 1. The van der Waals surface area contributed by atoms with Crippen molar-refractivity contribution in [1.29, 1.82) is 0 Å². The summed E-state index contributed by atoms with van der Waals surface area (Å²) in [6.07, 6.45) is -1.46. The fraction of sp³-hybridized carbons (Fsp3) is 0.333. The number of fused-ring (bicyclic) bond motifs is 1. The summed E-state index contributed by atoms with van der Waals surface area (Å²) in [6.45, 7) is 1.30. The van der Waals surface area contributed by atoms with Crippen LogP contribution < -0.4 is 5.32 Å². The van der Waals surface area contributed by atoms with E-state index in [2.05, 4.69) is 5.32 Å². The molecule has 0 aliphatic carbocycles. The number of aliphatic hydroxyl groups is 1. The highest BCUT2D eigenvalue weighted by Gasteiger charge is 2.70. The van der Waals surface area contributed by atoms with E-state index in [0.717, 1.165) is 10.5 Å². The summed E-state index contributed by atoms with van der Waals surface area (Å²) in [5.41, 5.74) is -0.516. The maximum Gasteiger partial charge on any atom is 0.337 e. The van der Waals surface area contributed by atoms with Gasteiger partial charge in [0, 0.05) is 6.04 Å². The lowest BCUT2D eigenvalue weighted by Gasteiger charge is -2.33. The van der Waals surface area contributed by atoms with Gasteiger partial charge in [-0.25, -0.2) is 4.79 Å². The molecule has 5 atom stereocenters. The number of carbonyl (C=O) groups is 4. The Hall–Kier alpha value is -3.56. The fourth-order valence-electron chi connectivity index (χ4n) is 4.91. The Kier molecular flexibility index (Phi) is 5.77. The molecule has 0 radical (unpaired) electrons. The first-order valence-corrected chi connectivity index (χ1v) is 10.5. The maximum absolute atomic E-state index is 13.5. The lowest BCUT2D eigenvalue weighted by molar-refractivity contribution is -0.157. The lowest BCUT2D eigenvalue weighted by atomic mass is 9.76. The summed E-state index contributed by atoms with van der Waals surface area (Å²) in [6, 6.07) is 14.2. The van der Waals surface area contributed by atoms with E-state index in [0.29, 0.717) is 5.56 Å². The Morgan fingerprint density at radius 3 is 2.27 bits per heavy atom. The van der Waals surface area contributed by atoms with Gasteiger partial charge in [0.15, 0.2) is 5.54 Å². The minimum atomic E-state index is -2.05. The molecule has 9 heteroatoms. The number of ether oxygens (including phenoxy) is 1. The van der Waals surface area contributed by atoms with Gasteiger partial charge in [-0.1, -0.05) is 42.5 Å². The van der Waals surface area contributed by atoms with E-state index in [1.165, 1.54) is 26.2 Å². The molecule has 5 unspecified atom stereocenters. The Morgan fingerprint density at radius 1 is 1.09 bits per heavy atom. The van der Waals surface area contributed by atoms with Crippen molar-refractivity contribution in [3.05, 3.63) is 71.3 Å². The van der Waals surface area contributed by atoms with E-state index >= 15 is 0 Å². The third-order valence-electron chi connectivity index (χ3n) is 6.57. The van der Waals surface area contributed by atoms with Gasteiger partial charge >= 0.3 is 11.9 Å². The van der Waals surface area contributed by atoms with Gasteiger partial charge in [0.05, 0.1) is 37.2 Å². The van der Waals surface area contributed by atoms with E-state index in [1.54, 1.807) is 36.4 Å². The average Bonchev–Trinajstić information content (AvgIpc) is 3.30. The molecule has 2 amide bonds. The number of carboxylic acid groups (broad SMARTS) is 1. The van der Waals surface area contributed by atoms with Crippen molar-refractivity contribution in [3.8, 4) is 0 Å². The quantitative estimate of drug-likeness (QED) is 0.439. The van der Waals surface area contributed by atoms with Gasteiger partial charge in [-0.2, -0.15) is 0 Å². The smallest absolute Gasteiger partial charge is 0.337 e. The van der Waals surface area contributed by atoms with Gasteiger partial charge in [0.2, 0.25) is 11.8 Å². The largest absolute Gasteiger partial charge is 0.480 e. The molecule has 9 nitrogen and oxygen atoms in total. The number of carbonyl (C=O) groups excluding carboxylic acids is 3. The first kappa shape index (κ1) is 22.6. The molecular weight excluding hydrogens is 428 g/mol. The highest BCUT2D eigenvalue weighted by Crippen LogP contribution is 2.50. The van der Waals surface area contributed by atoms with Crippen LogP contribution in [-0.4, -0.2) is 57.6 Å². The first-order chi connectivity index (χ1) is 15.7. The number of amides is 2. The van der Waals surface area contributed by atoms with E-state index in [-0.39, 0.29) is 12.1 Å². The summed E-state index contributed by atoms with van der Waals surface area (Å²) >= 11 is 0. The summed E-state index contributed by atoms with van der Waals surface area (Å²) in [5, 5.41) is 23.5. The van der Waals surface area contributed by atoms with Crippen molar-refractivity contribution in [2.24, 2.45) is 11.8 Å². The van der Waals surface area contributed by atoms with Crippen LogP contribution in [-0.2, 0) is 25.7 Å². The summed E-state index contributed by atoms with van der Waals surface area (Å²) in [5.74, 6) is -5.43. The van der Waals surface area contributed by atoms with Gasteiger partial charge in [-0.05, 0) is 30.2 Å². The van der Waals surface area contributed by atoms with Crippen molar-refractivity contribution < 1.29 is 34.1 Å². The van der Waals surface area contributed by atoms with Gasteiger partial charge in [-0.3, -0.25) is 24.6 Å². The number of nitrogens with zero attached hydrogens (tertiary/aromatic N) is 1. The van der Waals surface area contributed by atoms with E-state index in [9.17, 15) is 29.4 Å². The molecule has 0 aromatic heterocycles. The highest BCUT2D eigenvalue weighted by atomic mass is 16.5. The molecule has 2 saturated heterocycles. The van der Waals surface area contributed by atoms with Crippen LogP contribution in [0.4, 0.5) is 0 Å².